The van der Waals surface area contributed by atoms with Crippen molar-refractivity contribution in [3.8, 4) is 11.8 Å². The van der Waals surface area contributed by atoms with Gasteiger partial charge in [0.05, 0.1) is 28.1 Å². The van der Waals surface area contributed by atoms with Gasteiger partial charge in [0.2, 0.25) is 11.8 Å². The van der Waals surface area contributed by atoms with Crippen LogP contribution in [0, 0.1) is 11.3 Å². The van der Waals surface area contributed by atoms with Gasteiger partial charge in [0.25, 0.3) is 5.91 Å². The van der Waals surface area contributed by atoms with Crippen molar-refractivity contribution in [2.45, 2.75) is 29.9 Å². The lowest BCUT2D eigenvalue weighted by Crippen LogP contribution is -2.39. The number of imide groups is 1. The van der Waals surface area contributed by atoms with E-state index < -0.39 is 30.3 Å². The molecule has 1 aromatic carbocycles. The average Bonchev–Trinajstić information content (AvgIpc) is 3.40. The number of hydrogen-bond acceptors (Lipinski definition) is 10. The monoisotopic (exact) mass is 541 g/mol. The van der Waals surface area contributed by atoms with Crippen LogP contribution in [0.5, 0.6) is 5.75 Å². The highest BCUT2D eigenvalue weighted by Crippen LogP contribution is 2.39. The topological polar surface area (TPSA) is 152 Å². The number of piperidine rings is 1. The number of nitriles is 1. The predicted molar refractivity (Wildman–Crippen MR) is 137 cm³/mol. The van der Waals surface area contributed by atoms with Crippen molar-refractivity contribution in [3.63, 3.8) is 0 Å². The molecule has 2 aromatic heterocycles. The largest absolute Gasteiger partial charge is 0.481 e. The summed E-state index contributed by atoms with van der Waals surface area (Å²) >= 11 is 2.38. The number of para-hydroxylation sites is 1. The smallest absolute Gasteiger partial charge is 0.342 e. The zero-order valence-corrected chi connectivity index (χ0v) is 21.9. The third-order valence-electron chi connectivity index (χ3n) is 5.69. The Morgan fingerprint density at radius 2 is 2.16 bits per heavy atom. The number of thioether (sulfide) groups is 1. The minimum absolute atomic E-state index is 0.0998. The summed E-state index contributed by atoms with van der Waals surface area (Å²) < 4.78 is 13.0. The Balaban J connectivity index is 1.56. The van der Waals surface area contributed by atoms with E-state index in [0.29, 0.717) is 33.0 Å². The molecular weight excluding hydrogens is 518 g/mol. The number of amides is 3. The van der Waals surface area contributed by atoms with E-state index in [0.717, 1.165) is 11.3 Å². The van der Waals surface area contributed by atoms with E-state index in [1.54, 1.807) is 43.1 Å². The van der Waals surface area contributed by atoms with Crippen molar-refractivity contribution >= 4 is 63.4 Å². The first-order valence-electron chi connectivity index (χ1n) is 11.3. The molecule has 3 heterocycles. The molecule has 1 aliphatic rings. The molecule has 192 valence electrons. The number of anilines is 1. The maximum atomic E-state index is 12.8. The zero-order valence-electron chi connectivity index (χ0n) is 20.2. The van der Waals surface area contributed by atoms with Gasteiger partial charge in [-0.25, -0.2) is 4.79 Å². The Hall–Kier alpha value is -3.89. The van der Waals surface area contributed by atoms with Gasteiger partial charge in [-0.05, 0) is 25.7 Å². The summed E-state index contributed by atoms with van der Waals surface area (Å²) in [5, 5.41) is 19.7. The Labute approximate surface area is 220 Å². The number of hydrogen-bond donors (Lipinski definition) is 2. The summed E-state index contributed by atoms with van der Waals surface area (Å²) in [5.74, 6) is -2.11. The summed E-state index contributed by atoms with van der Waals surface area (Å²) in [6.07, 6.45) is 2.35. The van der Waals surface area contributed by atoms with Crippen LogP contribution in [-0.2, 0) is 26.2 Å². The fourth-order valence-corrected chi connectivity index (χ4v) is 5.86. The fraction of sp³-hybridized carbons (Fsp3) is 0.333. The Morgan fingerprint density at radius 3 is 2.84 bits per heavy atom. The van der Waals surface area contributed by atoms with Gasteiger partial charge in [-0.15, -0.1) is 23.1 Å². The number of ether oxygens (including phenoxy) is 2. The minimum Gasteiger partial charge on any atom is -0.481 e. The normalized spacial score (nSPS) is 15.2. The van der Waals surface area contributed by atoms with Crippen LogP contribution in [-0.4, -0.2) is 52.9 Å². The van der Waals surface area contributed by atoms with Crippen LogP contribution in [0.3, 0.4) is 0 Å². The maximum Gasteiger partial charge on any atom is 0.342 e. The lowest BCUT2D eigenvalue weighted by atomic mass is 9.93. The molecule has 13 heteroatoms. The molecule has 37 heavy (non-hydrogen) atoms. The number of rotatable bonds is 8. The molecule has 0 saturated carbocycles. The van der Waals surface area contributed by atoms with E-state index in [9.17, 15) is 24.4 Å². The maximum absolute atomic E-state index is 12.8. The van der Waals surface area contributed by atoms with E-state index >= 15 is 0 Å². The van der Waals surface area contributed by atoms with Crippen molar-refractivity contribution in [3.05, 3.63) is 34.3 Å². The standard InChI is InChI=1S/C24H23N5O6S2/c1-4-34-23(33)18-20(15(10-25)37-24(18)36-3)26-17(31)11-35-14-7-5-6-12-19(28-29(2)21(12)14)13-8-9-16(30)27-22(13)32/h5-7,13H,4,8-9,11H2,1-3H3,(H,26,31)(H,27,30,32). The SMILES string of the molecule is CCOC(=O)c1c(SC)sc(C#N)c1NC(=O)COc1cccc2c(C3CCC(=O)NC3=O)nn(C)c12. The zero-order chi connectivity index (χ0) is 26.7. The molecule has 1 saturated heterocycles. The molecule has 3 aromatic rings. The van der Waals surface area contributed by atoms with Crippen molar-refractivity contribution in [2.24, 2.45) is 7.05 Å². The fourth-order valence-electron chi connectivity index (χ4n) is 4.12. The van der Waals surface area contributed by atoms with Crippen LogP contribution in [0.25, 0.3) is 10.9 Å². The summed E-state index contributed by atoms with van der Waals surface area (Å²) in [6, 6.07) is 7.21. The van der Waals surface area contributed by atoms with Gasteiger partial charge in [0, 0.05) is 18.9 Å². The van der Waals surface area contributed by atoms with Crippen molar-refractivity contribution in [2.75, 3.05) is 24.8 Å². The van der Waals surface area contributed by atoms with Gasteiger partial charge in [-0.3, -0.25) is 24.4 Å². The van der Waals surface area contributed by atoms with Gasteiger partial charge in [0.1, 0.15) is 27.8 Å². The second kappa shape index (κ2) is 11.0. The van der Waals surface area contributed by atoms with Crippen molar-refractivity contribution in [1.82, 2.24) is 15.1 Å². The van der Waals surface area contributed by atoms with Crippen molar-refractivity contribution in [1.29, 1.82) is 5.26 Å². The number of esters is 1. The van der Waals surface area contributed by atoms with E-state index in [-0.39, 0.29) is 35.1 Å². The van der Waals surface area contributed by atoms with Crippen LogP contribution < -0.4 is 15.4 Å². The van der Waals surface area contributed by atoms with Gasteiger partial charge in [-0.2, -0.15) is 10.4 Å². The number of fused-ring (bicyclic) bond motifs is 1. The molecule has 3 amide bonds. The van der Waals surface area contributed by atoms with Crippen LogP contribution in [0.2, 0.25) is 0 Å². The van der Waals surface area contributed by atoms with Gasteiger partial charge in [-0.1, -0.05) is 12.1 Å². The number of aromatic nitrogens is 2. The highest BCUT2D eigenvalue weighted by molar-refractivity contribution is 8.00. The predicted octanol–water partition coefficient (Wildman–Crippen LogP) is 2.94. The molecule has 11 nitrogen and oxygen atoms in total. The van der Waals surface area contributed by atoms with Gasteiger partial charge < -0.3 is 14.8 Å². The van der Waals surface area contributed by atoms with Crippen LogP contribution in [0.4, 0.5) is 5.69 Å². The summed E-state index contributed by atoms with van der Waals surface area (Å²) in [5.41, 5.74) is 1.35. The molecular formula is C24H23N5O6S2. The molecule has 2 N–H and O–H groups in total. The molecule has 1 unspecified atom stereocenters. The van der Waals surface area contributed by atoms with E-state index in [1.165, 1.54) is 11.8 Å². The first-order valence-corrected chi connectivity index (χ1v) is 13.3. The van der Waals surface area contributed by atoms with Gasteiger partial charge >= 0.3 is 5.97 Å². The average molecular weight is 542 g/mol. The molecule has 1 atom stereocenters. The number of nitrogens with one attached hydrogen (secondary N) is 2. The number of carbonyl (C=O) groups excluding carboxylic acids is 4. The molecule has 0 spiro atoms. The highest BCUT2D eigenvalue weighted by Gasteiger charge is 2.32. The summed E-state index contributed by atoms with van der Waals surface area (Å²) in [4.78, 5) is 49.5. The second-order valence-corrected chi connectivity index (χ2v) is 10.1. The number of benzene rings is 1. The Kier molecular flexibility index (Phi) is 7.80. The molecule has 0 aliphatic carbocycles. The quantitative estimate of drug-likeness (QED) is 0.249. The lowest BCUT2D eigenvalue weighted by Gasteiger charge is -2.19. The molecule has 0 radical (unpaired) electrons. The molecule has 0 bridgehead atoms. The van der Waals surface area contributed by atoms with Crippen LogP contribution >= 0.6 is 23.1 Å². The summed E-state index contributed by atoms with van der Waals surface area (Å²) in [7, 11) is 1.70. The van der Waals surface area contributed by atoms with Crippen molar-refractivity contribution < 1.29 is 28.7 Å². The molecule has 4 rings (SSSR count). The number of thiophene rings is 1. The number of aryl methyl sites for hydroxylation is 1. The van der Waals surface area contributed by atoms with Gasteiger partial charge in [0.15, 0.2) is 6.61 Å². The first-order chi connectivity index (χ1) is 17.8. The number of nitrogens with zero attached hydrogens (tertiary/aromatic N) is 3. The third kappa shape index (κ3) is 5.16. The first kappa shape index (κ1) is 26.2. The lowest BCUT2D eigenvalue weighted by molar-refractivity contribution is -0.134. The highest BCUT2D eigenvalue weighted by atomic mass is 32.2. The second-order valence-electron chi connectivity index (χ2n) is 8.01. The number of carbonyl (C=O) groups is 4. The summed E-state index contributed by atoms with van der Waals surface area (Å²) in [6.45, 7) is 1.41. The van der Waals surface area contributed by atoms with Crippen LogP contribution in [0.15, 0.2) is 22.4 Å². The molecule has 1 aliphatic heterocycles. The van der Waals surface area contributed by atoms with E-state index in [4.69, 9.17) is 9.47 Å². The van der Waals surface area contributed by atoms with Crippen LogP contribution in [0.1, 0.15) is 46.6 Å². The minimum atomic E-state index is -0.624. The Morgan fingerprint density at radius 1 is 1.38 bits per heavy atom. The van der Waals surface area contributed by atoms with E-state index in [2.05, 4.69) is 15.7 Å². The Bertz CT molecular complexity index is 1450. The third-order valence-corrected chi connectivity index (χ3v) is 7.91. The molecule has 1 fully saturated rings. The van der Waals surface area contributed by atoms with E-state index in [1.807, 2.05) is 6.07 Å².